The third kappa shape index (κ3) is 7.04. The van der Waals surface area contributed by atoms with Crippen LogP contribution in [0, 0.1) is 5.92 Å². The van der Waals surface area contributed by atoms with Gasteiger partial charge in [-0.3, -0.25) is 4.90 Å². The molecule has 1 heterocycles. The van der Waals surface area contributed by atoms with Gasteiger partial charge in [0, 0.05) is 19.6 Å². The molecule has 3 aromatic rings. The van der Waals surface area contributed by atoms with Crippen molar-refractivity contribution in [1.29, 1.82) is 0 Å². The van der Waals surface area contributed by atoms with E-state index in [0.29, 0.717) is 19.0 Å². The van der Waals surface area contributed by atoms with Gasteiger partial charge in [-0.25, -0.2) is 4.68 Å². The number of aryl methyl sites for hydroxylation is 1. The van der Waals surface area contributed by atoms with Crippen LogP contribution >= 0.6 is 0 Å². The molecule has 1 unspecified atom stereocenters. The number of benzene rings is 2. The molecule has 3 rings (SSSR count). The molecule has 2 aromatic carbocycles. The van der Waals surface area contributed by atoms with E-state index in [1.807, 2.05) is 71.4 Å². The summed E-state index contributed by atoms with van der Waals surface area (Å²) < 4.78 is 8.36. The van der Waals surface area contributed by atoms with E-state index in [9.17, 15) is 5.11 Å². The lowest BCUT2D eigenvalue weighted by molar-refractivity contribution is 0.0951. The molecule has 0 saturated heterocycles. The molecule has 0 aliphatic heterocycles. The zero-order valence-corrected chi connectivity index (χ0v) is 20.2. The summed E-state index contributed by atoms with van der Waals surface area (Å²) in [5, 5.41) is 15.6. The fourth-order valence-electron chi connectivity index (χ4n) is 4.01. The number of nitrogens with zero attached hydrogens (tertiary/aromatic N) is 3. The first kappa shape index (κ1) is 24.7. The minimum absolute atomic E-state index is 0.394. The molecule has 0 saturated carbocycles. The number of allylic oxidation sites excluding steroid dienone is 1. The van der Waals surface area contributed by atoms with Crippen molar-refractivity contribution in [1.82, 2.24) is 14.7 Å². The fourth-order valence-corrected chi connectivity index (χ4v) is 4.01. The van der Waals surface area contributed by atoms with Crippen molar-refractivity contribution in [2.45, 2.75) is 52.7 Å². The maximum Gasteiger partial charge on any atom is 0.227 e. The minimum atomic E-state index is -0.394. The molecule has 0 radical (unpaired) electrons. The summed E-state index contributed by atoms with van der Waals surface area (Å²) in [6.07, 6.45) is 3.80. The fraction of sp³-hybridized carbons (Fsp3) is 0.393. The molecule has 176 valence electrons. The molecule has 0 bridgehead atoms. The zero-order chi connectivity index (χ0) is 23.6. The summed E-state index contributed by atoms with van der Waals surface area (Å²) in [5.41, 5.74) is 3.05. The summed E-state index contributed by atoms with van der Waals surface area (Å²) >= 11 is 0. The van der Waals surface area contributed by atoms with Crippen LogP contribution in [-0.4, -0.2) is 39.0 Å². The lowest BCUT2D eigenvalue weighted by Crippen LogP contribution is -2.35. The van der Waals surface area contributed by atoms with Crippen LogP contribution in [0.15, 0.2) is 73.3 Å². The average molecular weight is 448 g/mol. The van der Waals surface area contributed by atoms with Crippen molar-refractivity contribution in [3.05, 3.63) is 84.6 Å². The van der Waals surface area contributed by atoms with Gasteiger partial charge in [0.15, 0.2) is 0 Å². The lowest BCUT2D eigenvalue weighted by atomic mass is 10.1. The van der Waals surface area contributed by atoms with Crippen LogP contribution in [0.3, 0.4) is 0 Å². The van der Waals surface area contributed by atoms with E-state index in [4.69, 9.17) is 9.84 Å². The highest BCUT2D eigenvalue weighted by Gasteiger charge is 2.24. The maximum atomic E-state index is 10.6. The summed E-state index contributed by atoms with van der Waals surface area (Å²) in [5.74, 6) is 1.99. The Labute approximate surface area is 198 Å². The van der Waals surface area contributed by atoms with Crippen LogP contribution in [0.25, 0.3) is 5.69 Å². The lowest BCUT2D eigenvalue weighted by Gasteiger charge is -2.27. The number of ether oxygens (including phenoxy) is 1. The summed E-state index contributed by atoms with van der Waals surface area (Å²) in [4.78, 5) is 2.32. The van der Waals surface area contributed by atoms with E-state index in [1.54, 1.807) is 0 Å². The molecule has 0 aliphatic rings. The molecule has 0 amide bonds. The van der Waals surface area contributed by atoms with Crippen LogP contribution in [0.5, 0.6) is 11.6 Å². The van der Waals surface area contributed by atoms with Crippen LogP contribution in [0.1, 0.15) is 44.9 Å². The molecular formula is C28H37N3O2. The molecule has 1 N–H and O–H groups in total. The van der Waals surface area contributed by atoms with Crippen LogP contribution < -0.4 is 4.74 Å². The summed E-state index contributed by atoms with van der Waals surface area (Å²) in [7, 11) is 0. The van der Waals surface area contributed by atoms with Gasteiger partial charge in [-0.2, -0.15) is 5.10 Å². The Morgan fingerprint density at radius 2 is 1.73 bits per heavy atom. The molecule has 0 spiro atoms. The van der Waals surface area contributed by atoms with Crippen molar-refractivity contribution >= 4 is 0 Å². The number of hydrogen-bond donors (Lipinski definition) is 1. The zero-order valence-electron chi connectivity index (χ0n) is 20.2. The number of hydrogen-bond acceptors (Lipinski definition) is 4. The first-order chi connectivity index (χ1) is 16.0. The molecule has 1 aromatic heterocycles. The first-order valence-corrected chi connectivity index (χ1v) is 11.9. The number of para-hydroxylation sites is 2. The Balaban J connectivity index is 2.00. The topological polar surface area (TPSA) is 50.5 Å². The largest absolute Gasteiger partial charge is 0.439 e. The van der Waals surface area contributed by atoms with E-state index < -0.39 is 6.10 Å². The number of aliphatic hydroxyl groups is 1. The second kappa shape index (κ2) is 12.4. The van der Waals surface area contributed by atoms with E-state index in [-0.39, 0.29) is 0 Å². The molecule has 5 nitrogen and oxygen atoms in total. The third-order valence-corrected chi connectivity index (χ3v) is 5.49. The van der Waals surface area contributed by atoms with Gasteiger partial charge in [0.1, 0.15) is 5.75 Å². The van der Waals surface area contributed by atoms with Gasteiger partial charge in [-0.05, 0) is 49.4 Å². The van der Waals surface area contributed by atoms with Crippen molar-refractivity contribution in [2.24, 2.45) is 5.92 Å². The Morgan fingerprint density at radius 3 is 2.33 bits per heavy atom. The smallest absolute Gasteiger partial charge is 0.227 e. The number of aromatic nitrogens is 2. The Kier molecular flexibility index (Phi) is 9.28. The maximum absolute atomic E-state index is 10.6. The van der Waals surface area contributed by atoms with Crippen molar-refractivity contribution in [3.8, 4) is 17.3 Å². The standard InChI is InChI=1S/C28H37N3O2/c1-5-7-16-24(32)20-30(19-22(3)4)21-26-27(6-2)29-31(23-14-10-8-11-15-23)28(26)33-25-17-12-9-13-18-25/h5,8-15,17-18,22,24,32H,1,6-7,16,19-21H2,2-4H3. The van der Waals surface area contributed by atoms with Gasteiger partial charge in [0.25, 0.3) is 0 Å². The highest BCUT2D eigenvalue weighted by molar-refractivity contribution is 5.43. The highest BCUT2D eigenvalue weighted by atomic mass is 16.5. The second-order valence-corrected chi connectivity index (χ2v) is 8.85. The van der Waals surface area contributed by atoms with Gasteiger partial charge >= 0.3 is 0 Å². The molecule has 0 fully saturated rings. The van der Waals surface area contributed by atoms with Gasteiger partial charge in [-0.1, -0.05) is 63.2 Å². The van der Waals surface area contributed by atoms with Crippen molar-refractivity contribution < 1.29 is 9.84 Å². The normalized spacial score (nSPS) is 12.3. The molecular weight excluding hydrogens is 410 g/mol. The van der Waals surface area contributed by atoms with Gasteiger partial charge in [-0.15, -0.1) is 6.58 Å². The molecule has 1 atom stereocenters. The first-order valence-electron chi connectivity index (χ1n) is 11.9. The van der Waals surface area contributed by atoms with E-state index >= 15 is 0 Å². The predicted molar refractivity (Wildman–Crippen MR) is 135 cm³/mol. The van der Waals surface area contributed by atoms with Gasteiger partial charge < -0.3 is 9.84 Å². The SMILES string of the molecule is C=CCCC(O)CN(Cc1c(CC)nn(-c2ccccc2)c1Oc1ccccc1)CC(C)C. The quantitative estimate of drug-likeness (QED) is 0.326. The van der Waals surface area contributed by atoms with Crippen molar-refractivity contribution in [2.75, 3.05) is 13.1 Å². The third-order valence-electron chi connectivity index (χ3n) is 5.49. The van der Waals surface area contributed by atoms with Crippen molar-refractivity contribution in [3.63, 3.8) is 0 Å². The Hall–Kier alpha value is -2.89. The second-order valence-electron chi connectivity index (χ2n) is 8.85. The summed E-state index contributed by atoms with van der Waals surface area (Å²) in [6.45, 7) is 12.5. The average Bonchev–Trinajstić information content (AvgIpc) is 3.15. The van der Waals surface area contributed by atoms with E-state index in [2.05, 4.69) is 32.3 Å². The monoisotopic (exact) mass is 447 g/mol. The van der Waals surface area contributed by atoms with Crippen LogP contribution in [0.4, 0.5) is 0 Å². The highest BCUT2D eigenvalue weighted by Crippen LogP contribution is 2.32. The van der Waals surface area contributed by atoms with E-state index in [1.165, 1.54) is 0 Å². The molecule has 5 heteroatoms. The van der Waals surface area contributed by atoms with Gasteiger partial charge in [0.2, 0.25) is 5.88 Å². The predicted octanol–water partition coefficient (Wildman–Crippen LogP) is 6.01. The Bertz CT molecular complexity index is 983. The van der Waals surface area contributed by atoms with Crippen LogP contribution in [0.2, 0.25) is 0 Å². The molecule has 0 aliphatic carbocycles. The summed E-state index contributed by atoms with van der Waals surface area (Å²) in [6, 6.07) is 19.9. The van der Waals surface area contributed by atoms with E-state index in [0.717, 1.165) is 54.4 Å². The van der Waals surface area contributed by atoms with Crippen LogP contribution in [-0.2, 0) is 13.0 Å². The number of aliphatic hydroxyl groups excluding tert-OH is 1. The molecule has 33 heavy (non-hydrogen) atoms. The van der Waals surface area contributed by atoms with Gasteiger partial charge in [0.05, 0.1) is 23.0 Å². The Morgan fingerprint density at radius 1 is 1.06 bits per heavy atom. The minimum Gasteiger partial charge on any atom is -0.439 e. The number of rotatable bonds is 13.